The standard InChI is InChI=1S/C39H25N3O/c1-2-12-27(13-3-1)41(37-24-23-36-39(40-37)32-18-7-9-20-35(32)43-36)28-14-10-15-29(25-28)42-33-19-8-6-17-31(33)38-30-16-5-4-11-26(30)21-22-34(38)42/h1-25H. The van der Waals surface area contributed by atoms with Crippen molar-refractivity contribution in [3.8, 4) is 5.69 Å². The first kappa shape index (κ1) is 23.8. The normalized spacial score (nSPS) is 11.7. The summed E-state index contributed by atoms with van der Waals surface area (Å²) in [6.07, 6.45) is 0. The van der Waals surface area contributed by atoms with E-state index < -0.39 is 0 Å². The van der Waals surface area contributed by atoms with Gasteiger partial charge in [0, 0.05) is 33.2 Å². The van der Waals surface area contributed by atoms with Crippen molar-refractivity contribution in [3.63, 3.8) is 0 Å². The number of rotatable bonds is 4. The fourth-order valence-electron chi connectivity index (χ4n) is 6.48. The van der Waals surface area contributed by atoms with Crippen LogP contribution in [0.25, 0.3) is 60.3 Å². The van der Waals surface area contributed by atoms with Gasteiger partial charge in [-0.2, -0.15) is 0 Å². The summed E-state index contributed by atoms with van der Waals surface area (Å²) in [5.74, 6) is 0.829. The van der Waals surface area contributed by atoms with Crippen LogP contribution in [0.15, 0.2) is 156 Å². The minimum atomic E-state index is 0.782. The second-order valence-electron chi connectivity index (χ2n) is 10.8. The van der Waals surface area contributed by atoms with E-state index in [-0.39, 0.29) is 0 Å². The molecule has 0 radical (unpaired) electrons. The average molecular weight is 552 g/mol. The van der Waals surface area contributed by atoms with Crippen LogP contribution >= 0.6 is 0 Å². The van der Waals surface area contributed by atoms with E-state index in [1.54, 1.807) is 0 Å². The molecular formula is C39H25N3O. The van der Waals surface area contributed by atoms with Crippen molar-refractivity contribution in [3.05, 3.63) is 152 Å². The molecular weight excluding hydrogens is 526 g/mol. The van der Waals surface area contributed by atoms with Crippen molar-refractivity contribution in [1.82, 2.24) is 9.55 Å². The Kier molecular flexibility index (Phi) is 5.16. The lowest BCUT2D eigenvalue weighted by molar-refractivity contribution is 0.668. The number of aromatic nitrogens is 2. The third kappa shape index (κ3) is 3.67. The molecule has 0 spiro atoms. The summed E-state index contributed by atoms with van der Waals surface area (Å²) in [5, 5.41) is 6.05. The van der Waals surface area contributed by atoms with Crippen molar-refractivity contribution < 1.29 is 4.42 Å². The topological polar surface area (TPSA) is 34.2 Å². The third-order valence-electron chi connectivity index (χ3n) is 8.36. The summed E-state index contributed by atoms with van der Waals surface area (Å²) in [5.41, 5.74) is 8.00. The van der Waals surface area contributed by atoms with E-state index >= 15 is 0 Å². The highest BCUT2D eigenvalue weighted by Gasteiger charge is 2.19. The maximum absolute atomic E-state index is 6.09. The maximum atomic E-state index is 6.09. The molecule has 0 unspecified atom stereocenters. The van der Waals surface area contributed by atoms with Gasteiger partial charge >= 0.3 is 0 Å². The number of fused-ring (bicyclic) bond motifs is 8. The summed E-state index contributed by atoms with van der Waals surface area (Å²) in [6, 6.07) is 53.1. The average Bonchev–Trinajstić information content (AvgIpc) is 3.61. The van der Waals surface area contributed by atoms with E-state index in [2.05, 4.69) is 125 Å². The molecule has 202 valence electrons. The first-order valence-electron chi connectivity index (χ1n) is 14.5. The van der Waals surface area contributed by atoms with E-state index in [1.807, 2.05) is 36.4 Å². The van der Waals surface area contributed by atoms with Gasteiger partial charge in [-0.15, -0.1) is 0 Å². The summed E-state index contributed by atoms with van der Waals surface area (Å²) in [6.45, 7) is 0. The van der Waals surface area contributed by atoms with Gasteiger partial charge in [-0.05, 0) is 77.5 Å². The van der Waals surface area contributed by atoms with Crippen LogP contribution in [0.2, 0.25) is 0 Å². The Balaban J connectivity index is 1.28. The summed E-state index contributed by atoms with van der Waals surface area (Å²) >= 11 is 0. The van der Waals surface area contributed by atoms with Crippen LogP contribution in [-0.4, -0.2) is 9.55 Å². The number of benzene rings is 6. The van der Waals surface area contributed by atoms with E-state index in [4.69, 9.17) is 9.40 Å². The molecule has 0 aliphatic carbocycles. The minimum absolute atomic E-state index is 0.782. The van der Waals surface area contributed by atoms with Crippen LogP contribution in [0.4, 0.5) is 17.2 Å². The lowest BCUT2D eigenvalue weighted by atomic mass is 10.0. The quantitative estimate of drug-likeness (QED) is 0.218. The summed E-state index contributed by atoms with van der Waals surface area (Å²) < 4.78 is 8.47. The molecule has 0 aliphatic heterocycles. The summed E-state index contributed by atoms with van der Waals surface area (Å²) in [7, 11) is 0. The van der Waals surface area contributed by atoms with Crippen molar-refractivity contribution in [2.45, 2.75) is 0 Å². The fourth-order valence-corrected chi connectivity index (χ4v) is 6.48. The predicted octanol–water partition coefficient (Wildman–Crippen LogP) is 10.7. The molecule has 4 nitrogen and oxygen atoms in total. The molecule has 0 bridgehead atoms. The zero-order chi connectivity index (χ0) is 28.3. The van der Waals surface area contributed by atoms with Crippen LogP contribution in [0, 0.1) is 0 Å². The molecule has 0 saturated carbocycles. The first-order valence-corrected chi connectivity index (χ1v) is 14.5. The Morgan fingerprint density at radius 1 is 0.512 bits per heavy atom. The number of pyridine rings is 1. The number of furan rings is 1. The zero-order valence-corrected chi connectivity index (χ0v) is 23.2. The zero-order valence-electron chi connectivity index (χ0n) is 23.2. The lowest BCUT2D eigenvalue weighted by Gasteiger charge is -2.25. The molecule has 0 amide bonds. The third-order valence-corrected chi connectivity index (χ3v) is 8.36. The molecule has 3 aromatic heterocycles. The van der Waals surface area contributed by atoms with Gasteiger partial charge in [-0.1, -0.05) is 84.9 Å². The van der Waals surface area contributed by atoms with Gasteiger partial charge in [0.25, 0.3) is 0 Å². The molecule has 0 fully saturated rings. The highest BCUT2D eigenvalue weighted by molar-refractivity contribution is 6.21. The van der Waals surface area contributed by atoms with Crippen LogP contribution < -0.4 is 4.90 Å². The Morgan fingerprint density at radius 3 is 2.16 bits per heavy atom. The van der Waals surface area contributed by atoms with E-state index in [9.17, 15) is 0 Å². The molecule has 4 heteroatoms. The molecule has 3 heterocycles. The van der Waals surface area contributed by atoms with Crippen LogP contribution in [0.3, 0.4) is 0 Å². The second-order valence-corrected chi connectivity index (χ2v) is 10.8. The predicted molar refractivity (Wildman–Crippen MR) is 178 cm³/mol. The monoisotopic (exact) mass is 551 g/mol. The molecule has 9 rings (SSSR count). The molecule has 43 heavy (non-hydrogen) atoms. The summed E-state index contributed by atoms with van der Waals surface area (Å²) in [4.78, 5) is 7.38. The number of hydrogen-bond acceptors (Lipinski definition) is 3. The van der Waals surface area contributed by atoms with Crippen molar-refractivity contribution in [1.29, 1.82) is 0 Å². The van der Waals surface area contributed by atoms with Gasteiger partial charge < -0.3 is 8.98 Å². The molecule has 0 atom stereocenters. The first-order chi connectivity index (χ1) is 21.3. The fraction of sp³-hybridized carbons (Fsp3) is 0. The van der Waals surface area contributed by atoms with Crippen LogP contribution in [0.5, 0.6) is 0 Å². The SMILES string of the molecule is c1ccc(N(c2cccc(-n3c4ccccc4c4c5ccccc5ccc43)c2)c2ccc3oc4ccccc4c3n2)cc1. The molecule has 9 aromatic rings. The van der Waals surface area contributed by atoms with Crippen molar-refractivity contribution in [2.75, 3.05) is 4.90 Å². The highest BCUT2D eigenvalue weighted by Crippen LogP contribution is 2.40. The Bertz CT molecular complexity index is 2470. The molecule has 0 N–H and O–H groups in total. The Morgan fingerprint density at radius 2 is 1.26 bits per heavy atom. The van der Waals surface area contributed by atoms with Crippen LogP contribution in [-0.2, 0) is 0 Å². The van der Waals surface area contributed by atoms with Gasteiger partial charge in [-0.25, -0.2) is 4.98 Å². The largest absolute Gasteiger partial charge is 0.454 e. The number of hydrogen-bond donors (Lipinski definition) is 0. The van der Waals surface area contributed by atoms with Gasteiger partial charge in [-0.3, -0.25) is 4.90 Å². The Labute approximate surface area is 247 Å². The van der Waals surface area contributed by atoms with E-state index in [0.717, 1.165) is 44.9 Å². The number of nitrogens with zero attached hydrogens (tertiary/aromatic N) is 3. The van der Waals surface area contributed by atoms with Gasteiger partial charge in [0.05, 0.1) is 11.0 Å². The van der Waals surface area contributed by atoms with Gasteiger partial charge in [0.1, 0.15) is 16.9 Å². The molecule has 0 saturated heterocycles. The smallest absolute Gasteiger partial charge is 0.154 e. The van der Waals surface area contributed by atoms with Gasteiger partial charge in [0.15, 0.2) is 5.58 Å². The van der Waals surface area contributed by atoms with E-state index in [0.29, 0.717) is 0 Å². The highest BCUT2D eigenvalue weighted by atomic mass is 16.3. The number of anilines is 3. The molecule has 0 aliphatic rings. The number of para-hydroxylation sites is 3. The minimum Gasteiger partial charge on any atom is -0.454 e. The Hall–Kier alpha value is -5.87. The second kappa shape index (κ2) is 9.33. The van der Waals surface area contributed by atoms with Crippen LogP contribution in [0.1, 0.15) is 0 Å². The van der Waals surface area contributed by atoms with E-state index in [1.165, 1.54) is 32.6 Å². The van der Waals surface area contributed by atoms with Crippen molar-refractivity contribution >= 4 is 71.8 Å². The molecule has 6 aromatic carbocycles. The van der Waals surface area contributed by atoms with Gasteiger partial charge in [0.2, 0.25) is 0 Å². The maximum Gasteiger partial charge on any atom is 0.154 e. The lowest BCUT2D eigenvalue weighted by Crippen LogP contribution is -2.12. The van der Waals surface area contributed by atoms with Crippen molar-refractivity contribution in [2.24, 2.45) is 0 Å².